The average Bonchev–Trinajstić information content (AvgIpc) is 3.64. The number of carbonyl (C=O) groups excluding carboxylic acids is 4. The molecule has 3 aromatic carbocycles. The highest BCUT2D eigenvalue weighted by Gasteiger charge is 2.70. The van der Waals surface area contributed by atoms with Crippen molar-refractivity contribution in [2.45, 2.75) is 24.9 Å². The number of nitrogens with zero attached hydrogens (tertiary/aromatic N) is 1. The van der Waals surface area contributed by atoms with Crippen LogP contribution < -0.4 is 20.3 Å². The van der Waals surface area contributed by atoms with E-state index in [1.165, 1.54) is 19.1 Å². The maximum absolute atomic E-state index is 14.2. The summed E-state index contributed by atoms with van der Waals surface area (Å²) in [5.74, 6) is -3.26. The Morgan fingerprint density at radius 3 is 2.58 bits per heavy atom. The van der Waals surface area contributed by atoms with Gasteiger partial charge in [-0.15, -0.1) is 0 Å². The number of rotatable bonds is 4. The molecule has 200 valence electrons. The molecule has 3 N–H and O–H groups in total. The molecule has 3 amide bonds. The highest BCUT2D eigenvalue weighted by atomic mass is 35.5. The first-order valence-electron chi connectivity index (χ1n) is 12.9. The quantitative estimate of drug-likeness (QED) is 0.200. The smallest absolute Gasteiger partial charge is 0.308 e. The number of aromatic nitrogens is 1. The number of H-pyrrole nitrogens is 1. The molecule has 40 heavy (non-hydrogen) atoms. The second kappa shape index (κ2) is 8.77. The lowest BCUT2D eigenvalue weighted by Crippen LogP contribution is -2.53. The molecule has 9 nitrogen and oxygen atoms in total. The topological polar surface area (TPSA) is 121 Å². The number of halogens is 1. The minimum absolute atomic E-state index is 0.296. The molecule has 2 saturated heterocycles. The number of imide groups is 1. The summed E-state index contributed by atoms with van der Waals surface area (Å²) in [6.45, 7) is 1.29. The minimum Gasteiger partial charge on any atom is -0.427 e. The first-order valence-corrected chi connectivity index (χ1v) is 13.3. The molecule has 4 heterocycles. The second-order valence-corrected chi connectivity index (χ2v) is 10.8. The summed E-state index contributed by atoms with van der Waals surface area (Å²) in [6, 6.07) is 18.6. The maximum Gasteiger partial charge on any atom is 0.308 e. The van der Waals surface area contributed by atoms with Gasteiger partial charge in [0.25, 0.3) is 0 Å². The zero-order valence-corrected chi connectivity index (χ0v) is 22.0. The summed E-state index contributed by atoms with van der Waals surface area (Å²) in [5.41, 5.74) is 1.90. The number of para-hydroxylation sites is 1. The van der Waals surface area contributed by atoms with Gasteiger partial charge in [-0.25, -0.2) is 4.90 Å². The van der Waals surface area contributed by atoms with Crippen LogP contribution in [0.4, 0.5) is 11.4 Å². The third kappa shape index (κ3) is 3.44. The highest BCUT2D eigenvalue weighted by Crippen LogP contribution is 2.54. The summed E-state index contributed by atoms with van der Waals surface area (Å²) in [7, 11) is 0. The van der Waals surface area contributed by atoms with Gasteiger partial charge >= 0.3 is 5.97 Å². The molecule has 7 rings (SSSR count). The molecular formula is C30H23ClN4O5. The molecule has 4 atom stereocenters. The Morgan fingerprint density at radius 2 is 1.80 bits per heavy atom. The van der Waals surface area contributed by atoms with Crippen molar-refractivity contribution in [1.82, 2.24) is 10.3 Å². The third-order valence-corrected chi connectivity index (χ3v) is 8.38. The lowest BCUT2D eigenvalue weighted by atomic mass is 9.76. The zero-order valence-electron chi connectivity index (χ0n) is 21.2. The molecule has 3 aliphatic rings. The second-order valence-electron chi connectivity index (χ2n) is 10.4. The van der Waals surface area contributed by atoms with Crippen molar-refractivity contribution < 1.29 is 23.9 Å². The summed E-state index contributed by atoms with van der Waals surface area (Å²) < 4.78 is 5.11. The molecule has 2 fully saturated rings. The van der Waals surface area contributed by atoms with Gasteiger partial charge in [-0.05, 0) is 60.5 Å². The van der Waals surface area contributed by atoms with E-state index < -0.39 is 47.1 Å². The number of fused-ring (bicyclic) bond motifs is 5. The van der Waals surface area contributed by atoms with E-state index in [-0.39, 0.29) is 0 Å². The van der Waals surface area contributed by atoms with Crippen LogP contribution in [0.1, 0.15) is 18.1 Å². The third-order valence-electron chi connectivity index (χ3n) is 8.15. The van der Waals surface area contributed by atoms with E-state index in [0.717, 1.165) is 21.4 Å². The average molecular weight is 555 g/mol. The van der Waals surface area contributed by atoms with Crippen molar-refractivity contribution in [3.05, 3.63) is 89.1 Å². The Kier molecular flexibility index (Phi) is 5.39. The van der Waals surface area contributed by atoms with Crippen molar-refractivity contribution in [2.24, 2.45) is 11.8 Å². The number of carbonyl (C=O) groups is 4. The molecular weight excluding hydrogens is 532 g/mol. The highest BCUT2D eigenvalue weighted by molar-refractivity contribution is 6.31. The lowest BCUT2D eigenvalue weighted by molar-refractivity contribution is -0.132. The Bertz CT molecular complexity index is 1750. The number of hydrogen-bond acceptors (Lipinski definition) is 6. The van der Waals surface area contributed by atoms with E-state index in [9.17, 15) is 19.2 Å². The van der Waals surface area contributed by atoms with E-state index in [1.807, 2.05) is 30.5 Å². The molecule has 0 radical (unpaired) electrons. The lowest BCUT2D eigenvalue weighted by Gasteiger charge is -2.29. The van der Waals surface area contributed by atoms with Gasteiger partial charge in [-0.1, -0.05) is 29.8 Å². The van der Waals surface area contributed by atoms with Gasteiger partial charge in [0, 0.05) is 46.3 Å². The molecule has 10 heteroatoms. The predicted molar refractivity (Wildman–Crippen MR) is 148 cm³/mol. The van der Waals surface area contributed by atoms with Crippen LogP contribution in [0.3, 0.4) is 0 Å². The normalized spacial score (nSPS) is 25.0. The number of amides is 3. The monoisotopic (exact) mass is 554 g/mol. The van der Waals surface area contributed by atoms with E-state index >= 15 is 0 Å². The molecule has 4 aromatic rings. The number of ether oxygens (including phenoxy) is 1. The summed E-state index contributed by atoms with van der Waals surface area (Å²) in [4.78, 5) is 57.8. The molecule has 1 spiro atoms. The van der Waals surface area contributed by atoms with Gasteiger partial charge in [0.15, 0.2) is 0 Å². The number of aromatic amines is 1. The van der Waals surface area contributed by atoms with Gasteiger partial charge < -0.3 is 15.0 Å². The van der Waals surface area contributed by atoms with Crippen LogP contribution in [0.2, 0.25) is 5.02 Å². The Labute approximate surface area is 233 Å². The standard InChI is InChI=1S/C30H23ClN4O5/c1-15(36)40-19-9-7-18(8-10-19)35-27(37)25-24(12-16-14-32-22-5-3-2-4-20(16)22)34-30(26(25)28(35)38)21-13-17(31)6-11-23(21)33-29(30)39/h2-11,13-14,24-26,32,34H,12H2,1H3,(H,33,39). The molecule has 0 bridgehead atoms. The number of esters is 1. The van der Waals surface area contributed by atoms with Gasteiger partial charge in [-0.2, -0.15) is 0 Å². The summed E-state index contributed by atoms with van der Waals surface area (Å²) in [5, 5.41) is 7.78. The van der Waals surface area contributed by atoms with Crippen molar-refractivity contribution >= 4 is 57.6 Å². The molecule has 3 aliphatic heterocycles. The van der Waals surface area contributed by atoms with Crippen LogP contribution in [-0.4, -0.2) is 34.7 Å². The van der Waals surface area contributed by atoms with Gasteiger partial charge in [0.1, 0.15) is 11.3 Å². The molecule has 0 aliphatic carbocycles. The van der Waals surface area contributed by atoms with Crippen LogP contribution in [0, 0.1) is 11.8 Å². The predicted octanol–water partition coefficient (Wildman–Crippen LogP) is 3.91. The molecule has 4 unspecified atom stereocenters. The largest absolute Gasteiger partial charge is 0.427 e. The fourth-order valence-corrected chi connectivity index (χ4v) is 6.74. The van der Waals surface area contributed by atoms with Crippen molar-refractivity contribution in [2.75, 3.05) is 10.2 Å². The first-order chi connectivity index (χ1) is 19.3. The first kappa shape index (κ1) is 24.6. The van der Waals surface area contributed by atoms with Gasteiger partial charge in [-0.3, -0.25) is 24.5 Å². The SMILES string of the molecule is CC(=O)Oc1ccc(N2C(=O)C3C(Cc4c[nH]c5ccccc45)NC4(C(=O)Nc5ccc(Cl)cc54)C3C2=O)cc1. The number of nitrogens with one attached hydrogen (secondary N) is 3. The van der Waals surface area contributed by atoms with Crippen molar-refractivity contribution in [3.63, 3.8) is 0 Å². The van der Waals surface area contributed by atoms with Crippen LogP contribution in [0.25, 0.3) is 10.9 Å². The van der Waals surface area contributed by atoms with E-state index in [4.69, 9.17) is 16.3 Å². The van der Waals surface area contributed by atoms with Gasteiger partial charge in [0.2, 0.25) is 17.7 Å². The van der Waals surface area contributed by atoms with E-state index in [1.54, 1.807) is 30.3 Å². The Balaban J connectivity index is 1.34. The van der Waals surface area contributed by atoms with Gasteiger partial charge in [0.05, 0.1) is 17.5 Å². The van der Waals surface area contributed by atoms with E-state index in [2.05, 4.69) is 15.6 Å². The van der Waals surface area contributed by atoms with Crippen molar-refractivity contribution in [3.8, 4) is 5.75 Å². The number of anilines is 2. The fourth-order valence-electron chi connectivity index (χ4n) is 6.57. The van der Waals surface area contributed by atoms with Crippen molar-refractivity contribution in [1.29, 1.82) is 0 Å². The Morgan fingerprint density at radius 1 is 1.02 bits per heavy atom. The fraction of sp³-hybridized carbons (Fsp3) is 0.200. The van der Waals surface area contributed by atoms with E-state index in [0.29, 0.717) is 34.1 Å². The minimum atomic E-state index is -1.47. The summed E-state index contributed by atoms with van der Waals surface area (Å²) >= 11 is 6.36. The Hall–Kier alpha value is -4.47. The van der Waals surface area contributed by atoms with Crippen LogP contribution in [-0.2, 0) is 31.1 Å². The van der Waals surface area contributed by atoms with Crippen LogP contribution >= 0.6 is 11.6 Å². The van der Waals surface area contributed by atoms with Crippen LogP contribution in [0.5, 0.6) is 5.75 Å². The zero-order chi connectivity index (χ0) is 27.8. The molecule has 0 saturated carbocycles. The summed E-state index contributed by atoms with van der Waals surface area (Å²) in [6.07, 6.45) is 2.31. The molecule has 1 aromatic heterocycles. The number of benzene rings is 3. The number of hydrogen-bond donors (Lipinski definition) is 3. The maximum atomic E-state index is 14.2. The van der Waals surface area contributed by atoms with Crippen LogP contribution in [0.15, 0.2) is 72.9 Å².